The minimum Gasteiger partial charge on any atom is -0.480 e. The summed E-state index contributed by atoms with van der Waals surface area (Å²) in [6, 6.07) is 2.78. The monoisotopic (exact) mass is 484 g/mol. The summed E-state index contributed by atoms with van der Waals surface area (Å²) in [5.74, 6) is -2.33. The maximum Gasteiger partial charge on any atom is 0.416 e. The molecule has 0 radical (unpaired) electrons. The molecule has 2 unspecified atom stereocenters. The first kappa shape index (κ1) is 22.1. The van der Waals surface area contributed by atoms with Crippen molar-refractivity contribution in [1.82, 2.24) is 15.2 Å². The van der Waals surface area contributed by atoms with Gasteiger partial charge in [-0.2, -0.15) is 13.2 Å². The maximum absolute atomic E-state index is 13.4. The predicted octanol–water partition coefficient (Wildman–Crippen LogP) is 2.14. The summed E-state index contributed by atoms with van der Waals surface area (Å²) >= 11 is 2.22. The van der Waals surface area contributed by atoms with E-state index in [4.69, 9.17) is 5.73 Å². The molecular formula is C19H15F3N4O4S2. The van der Waals surface area contributed by atoms with Crippen LogP contribution in [0.3, 0.4) is 0 Å². The van der Waals surface area contributed by atoms with E-state index in [9.17, 15) is 32.7 Å². The number of thiazole rings is 1. The number of carboxylic acids is 1. The highest BCUT2D eigenvalue weighted by Crippen LogP contribution is 2.40. The van der Waals surface area contributed by atoms with Crippen LogP contribution in [0, 0.1) is 0 Å². The number of hydrogen-bond acceptors (Lipinski definition) is 7. The topological polar surface area (TPSA) is 126 Å². The van der Waals surface area contributed by atoms with Gasteiger partial charge in [0.1, 0.15) is 17.5 Å². The summed E-state index contributed by atoms with van der Waals surface area (Å²) in [6.45, 7) is 0. The third-order valence-corrected chi connectivity index (χ3v) is 7.04. The molecule has 3 atom stereocenters. The van der Waals surface area contributed by atoms with Gasteiger partial charge in [-0.05, 0) is 17.7 Å². The van der Waals surface area contributed by atoms with Gasteiger partial charge in [0.15, 0.2) is 5.13 Å². The van der Waals surface area contributed by atoms with E-state index < -0.39 is 47.0 Å². The number of carbonyl (C=O) groups excluding carboxylic acids is 2. The van der Waals surface area contributed by atoms with Gasteiger partial charge in [-0.3, -0.25) is 9.59 Å². The summed E-state index contributed by atoms with van der Waals surface area (Å²) in [5, 5.41) is 12.7. The number of rotatable bonds is 5. The molecule has 2 aliphatic heterocycles. The first-order valence-corrected chi connectivity index (χ1v) is 11.1. The fraction of sp³-hybridized carbons (Fsp3) is 0.263. The summed E-state index contributed by atoms with van der Waals surface area (Å²) in [5.41, 5.74) is 4.31. The van der Waals surface area contributed by atoms with Crippen molar-refractivity contribution in [2.45, 2.75) is 23.6 Å². The van der Waals surface area contributed by atoms with Gasteiger partial charge in [0.05, 0.1) is 16.8 Å². The number of anilines is 1. The van der Waals surface area contributed by atoms with Crippen molar-refractivity contribution in [3.8, 4) is 0 Å². The molecule has 2 aliphatic rings. The lowest BCUT2D eigenvalue weighted by atomic mass is 10.0. The molecule has 4 N–H and O–H groups in total. The molecule has 2 fully saturated rings. The molecule has 32 heavy (non-hydrogen) atoms. The number of aromatic nitrogens is 1. The summed E-state index contributed by atoms with van der Waals surface area (Å²) < 4.78 is 40.2. The van der Waals surface area contributed by atoms with Crippen LogP contribution in [0.2, 0.25) is 0 Å². The van der Waals surface area contributed by atoms with Gasteiger partial charge >= 0.3 is 12.1 Å². The number of fused-ring (bicyclic) bond motifs is 1. The van der Waals surface area contributed by atoms with Crippen LogP contribution >= 0.6 is 23.1 Å². The number of benzene rings is 1. The fourth-order valence-electron chi connectivity index (χ4n) is 3.51. The van der Waals surface area contributed by atoms with Crippen LogP contribution in [-0.2, 0) is 20.6 Å². The molecule has 0 aliphatic carbocycles. The summed E-state index contributed by atoms with van der Waals surface area (Å²) in [4.78, 5) is 41.9. The van der Waals surface area contributed by atoms with Gasteiger partial charge in [0.2, 0.25) is 5.91 Å². The number of nitrogens with one attached hydrogen (secondary N) is 1. The number of amides is 2. The van der Waals surface area contributed by atoms with Crippen molar-refractivity contribution in [2.24, 2.45) is 0 Å². The second-order valence-corrected chi connectivity index (χ2v) is 9.03. The number of halogens is 3. The Bertz CT molecular complexity index is 1130. The van der Waals surface area contributed by atoms with E-state index in [-0.39, 0.29) is 27.7 Å². The molecule has 0 spiro atoms. The predicted molar refractivity (Wildman–Crippen MR) is 112 cm³/mol. The lowest BCUT2D eigenvalue weighted by Crippen LogP contribution is -2.70. The van der Waals surface area contributed by atoms with Crippen molar-refractivity contribution in [3.05, 3.63) is 46.5 Å². The number of nitrogens with zero attached hydrogens (tertiary/aromatic N) is 2. The molecular weight excluding hydrogens is 469 g/mol. The molecule has 1 aromatic carbocycles. The van der Waals surface area contributed by atoms with Crippen molar-refractivity contribution < 1.29 is 32.7 Å². The lowest BCUT2D eigenvalue weighted by Gasteiger charge is -2.43. The Labute approximate surface area is 187 Å². The highest BCUT2D eigenvalue weighted by Gasteiger charge is 2.57. The van der Waals surface area contributed by atoms with E-state index in [0.717, 1.165) is 23.5 Å². The van der Waals surface area contributed by atoms with Crippen LogP contribution in [0.1, 0.15) is 16.8 Å². The Hall–Kier alpha value is -3.06. The van der Waals surface area contributed by atoms with Crippen molar-refractivity contribution in [3.63, 3.8) is 0 Å². The number of carboxylic acid groups (broad SMARTS) is 1. The molecule has 2 saturated heterocycles. The summed E-state index contributed by atoms with van der Waals surface area (Å²) in [6.07, 6.45) is -3.60. The van der Waals surface area contributed by atoms with Gasteiger partial charge < -0.3 is 21.1 Å². The molecule has 4 rings (SSSR count). The Kier molecular flexibility index (Phi) is 5.63. The Morgan fingerprint density at radius 2 is 2.03 bits per heavy atom. The minimum absolute atomic E-state index is 0.0630. The third-order valence-electron chi connectivity index (χ3n) is 5.02. The molecule has 3 heterocycles. The quantitative estimate of drug-likeness (QED) is 0.439. The van der Waals surface area contributed by atoms with Crippen LogP contribution in [0.4, 0.5) is 18.3 Å². The number of β-lactam (4-membered cyclic amide) rings is 1. The van der Waals surface area contributed by atoms with E-state index in [1.807, 2.05) is 0 Å². The van der Waals surface area contributed by atoms with Gasteiger partial charge in [-0.1, -0.05) is 18.2 Å². The first-order valence-electron chi connectivity index (χ1n) is 9.14. The third kappa shape index (κ3) is 3.93. The van der Waals surface area contributed by atoms with E-state index in [1.165, 1.54) is 40.2 Å². The van der Waals surface area contributed by atoms with Gasteiger partial charge in [-0.25, -0.2) is 9.78 Å². The molecule has 0 bridgehead atoms. The Morgan fingerprint density at radius 1 is 1.31 bits per heavy atom. The molecule has 1 aromatic heterocycles. The average molecular weight is 484 g/mol. The van der Waals surface area contributed by atoms with Crippen LogP contribution in [0.5, 0.6) is 0 Å². The first-order chi connectivity index (χ1) is 15.1. The Balaban J connectivity index is 1.65. The number of carbonyl (C=O) groups is 3. The van der Waals surface area contributed by atoms with Gasteiger partial charge in [0.25, 0.3) is 5.91 Å². The standard InChI is InChI=1S/C19H15F3N4O4S2/c20-19(21,22)10-4-2-1-3-8(10)5-9(11-6-32-18(23)24-11)14(27)25-13-15(28)26-12(17(29)30)7-31-16(13)26/h1-6,12-13,16H,7H2,(H2,23,24)(H,25,27)(H,29,30)/t12?,13?,16-/m0/s1. The normalized spacial score (nSPS) is 23.0. The molecule has 2 amide bonds. The zero-order valence-corrected chi connectivity index (χ0v) is 17.6. The van der Waals surface area contributed by atoms with Gasteiger partial charge in [0, 0.05) is 11.1 Å². The van der Waals surface area contributed by atoms with Crippen LogP contribution < -0.4 is 11.1 Å². The number of nitrogens with two attached hydrogens (primary N) is 1. The number of thioether (sulfide) groups is 1. The van der Waals surface area contributed by atoms with E-state index in [2.05, 4.69) is 10.3 Å². The lowest BCUT2D eigenvalue weighted by molar-refractivity contribution is -0.158. The van der Waals surface area contributed by atoms with Crippen molar-refractivity contribution >= 4 is 57.7 Å². The van der Waals surface area contributed by atoms with Crippen LogP contribution in [-0.4, -0.2) is 56.0 Å². The SMILES string of the molecule is Nc1nc(C(=Cc2ccccc2C(F)(F)F)C(=O)NC2C(=O)N3C(C(=O)O)CS[C@@H]23)cs1. The fourth-order valence-corrected chi connectivity index (χ4v) is 5.54. The molecule has 13 heteroatoms. The maximum atomic E-state index is 13.4. The molecule has 168 valence electrons. The molecule has 2 aromatic rings. The minimum atomic E-state index is -4.65. The summed E-state index contributed by atoms with van der Waals surface area (Å²) in [7, 11) is 0. The smallest absolute Gasteiger partial charge is 0.416 e. The van der Waals surface area contributed by atoms with E-state index in [0.29, 0.717) is 0 Å². The van der Waals surface area contributed by atoms with Crippen LogP contribution in [0.15, 0.2) is 29.6 Å². The second kappa shape index (κ2) is 8.13. The number of hydrogen-bond donors (Lipinski definition) is 3. The molecule has 0 saturated carbocycles. The highest BCUT2D eigenvalue weighted by molar-refractivity contribution is 8.00. The second-order valence-electron chi connectivity index (χ2n) is 6.99. The van der Waals surface area contributed by atoms with Crippen molar-refractivity contribution in [1.29, 1.82) is 0 Å². The van der Waals surface area contributed by atoms with Gasteiger partial charge in [-0.15, -0.1) is 23.1 Å². The average Bonchev–Trinajstić information content (AvgIpc) is 3.33. The van der Waals surface area contributed by atoms with Crippen molar-refractivity contribution in [2.75, 3.05) is 11.5 Å². The zero-order chi connectivity index (χ0) is 23.2. The highest BCUT2D eigenvalue weighted by atomic mass is 32.2. The molecule has 8 nitrogen and oxygen atoms in total. The largest absolute Gasteiger partial charge is 0.480 e. The van der Waals surface area contributed by atoms with E-state index in [1.54, 1.807) is 0 Å². The number of aliphatic carboxylic acids is 1. The number of nitrogen functional groups attached to an aromatic ring is 1. The Morgan fingerprint density at radius 3 is 2.66 bits per heavy atom. The number of alkyl halides is 3. The van der Waals surface area contributed by atoms with Crippen LogP contribution in [0.25, 0.3) is 11.6 Å². The van der Waals surface area contributed by atoms with E-state index >= 15 is 0 Å². The zero-order valence-electron chi connectivity index (χ0n) is 16.0.